The fourth-order valence-corrected chi connectivity index (χ4v) is 4.86. The van der Waals surface area contributed by atoms with Crippen molar-refractivity contribution in [3.8, 4) is 0 Å². The Morgan fingerprint density at radius 3 is 1.42 bits per heavy atom. The first-order valence-electron chi connectivity index (χ1n) is 10.2. The van der Waals surface area contributed by atoms with E-state index < -0.39 is 24.1 Å². The van der Waals surface area contributed by atoms with Gasteiger partial charge in [0.15, 0.2) is 0 Å². The van der Waals surface area contributed by atoms with Crippen LogP contribution in [0.15, 0.2) is 69.6 Å². The number of nitrogens with one attached hydrogen (secondary N) is 2. The topological polar surface area (TPSA) is 196 Å². The fraction of sp³-hybridized carbons (Fsp3) is 0. The van der Waals surface area contributed by atoms with Crippen molar-refractivity contribution < 1.29 is 19.2 Å². The molecule has 8 amide bonds. The van der Waals surface area contributed by atoms with E-state index in [0.717, 1.165) is 8.95 Å². The summed E-state index contributed by atoms with van der Waals surface area (Å²) in [4.78, 5) is 38.5. The van der Waals surface area contributed by atoms with Crippen LogP contribution in [0.2, 0.25) is 0 Å². The van der Waals surface area contributed by atoms with Crippen LogP contribution in [0.5, 0.6) is 0 Å². The third-order valence-corrected chi connectivity index (χ3v) is 7.00. The van der Waals surface area contributed by atoms with Crippen molar-refractivity contribution in [1.29, 1.82) is 0 Å². The first kappa shape index (κ1) is 26.4. The molecule has 10 nitrogen and oxygen atoms in total. The smallest absolute Gasteiger partial charge is 0.320 e. The summed E-state index contributed by atoms with van der Waals surface area (Å²) < 4.78 is 2.23. The SMILES string of the molecule is Brc1cc2cccc3c4cccc5cccc(c(c1Br)c23)c54.NC(=O)NC(N)=O.NC(=O)NC(N)=O. The van der Waals surface area contributed by atoms with Crippen LogP contribution in [0.1, 0.15) is 0 Å². The number of amides is 8. The van der Waals surface area contributed by atoms with Crippen LogP contribution in [0.3, 0.4) is 0 Å². The lowest BCUT2D eigenvalue weighted by atomic mass is 9.90. The number of nitrogens with two attached hydrogens (primary N) is 4. The van der Waals surface area contributed by atoms with Gasteiger partial charge in [0.05, 0.1) is 0 Å². The number of rotatable bonds is 0. The van der Waals surface area contributed by atoms with Gasteiger partial charge in [-0.3, -0.25) is 10.6 Å². The van der Waals surface area contributed by atoms with Crippen molar-refractivity contribution >= 4 is 99.1 Å². The van der Waals surface area contributed by atoms with Gasteiger partial charge in [-0.2, -0.15) is 0 Å². The van der Waals surface area contributed by atoms with Gasteiger partial charge in [0.25, 0.3) is 0 Å². The van der Waals surface area contributed by atoms with E-state index in [0.29, 0.717) is 0 Å². The van der Waals surface area contributed by atoms with Crippen LogP contribution < -0.4 is 33.6 Å². The van der Waals surface area contributed by atoms with Gasteiger partial charge >= 0.3 is 24.1 Å². The summed E-state index contributed by atoms with van der Waals surface area (Å²) in [5, 5.41) is 13.7. The van der Waals surface area contributed by atoms with E-state index in [2.05, 4.69) is 115 Å². The molecule has 10 N–H and O–H groups in total. The van der Waals surface area contributed by atoms with Crippen LogP contribution >= 0.6 is 31.9 Å². The first-order valence-corrected chi connectivity index (χ1v) is 11.7. The molecule has 36 heavy (non-hydrogen) atoms. The van der Waals surface area contributed by atoms with E-state index in [1.165, 1.54) is 43.1 Å². The van der Waals surface area contributed by atoms with E-state index in [1.54, 1.807) is 10.6 Å². The zero-order valence-electron chi connectivity index (χ0n) is 18.5. The van der Waals surface area contributed by atoms with Gasteiger partial charge in [0, 0.05) is 14.3 Å². The summed E-state index contributed by atoms with van der Waals surface area (Å²) in [7, 11) is 0. The highest BCUT2D eigenvalue weighted by atomic mass is 79.9. The first-order chi connectivity index (χ1) is 17.0. The molecule has 0 heterocycles. The normalized spacial score (nSPS) is 10.3. The molecule has 0 aliphatic carbocycles. The Morgan fingerprint density at radius 1 is 0.556 bits per heavy atom. The second-order valence-electron chi connectivity index (χ2n) is 7.37. The molecule has 0 fully saturated rings. The Kier molecular flexibility index (Phi) is 8.12. The number of urea groups is 4. The van der Waals surface area contributed by atoms with Gasteiger partial charge in [-0.1, -0.05) is 54.6 Å². The third-order valence-electron chi connectivity index (χ3n) is 5.02. The van der Waals surface area contributed by atoms with E-state index in [4.69, 9.17) is 0 Å². The Bertz CT molecular complexity index is 1580. The molecule has 184 valence electrons. The van der Waals surface area contributed by atoms with Crippen molar-refractivity contribution in [2.45, 2.75) is 0 Å². The zero-order valence-corrected chi connectivity index (χ0v) is 21.6. The number of carbonyl (C=O) groups is 4. The van der Waals surface area contributed by atoms with Crippen molar-refractivity contribution in [2.24, 2.45) is 22.9 Å². The molecule has 0 radical (unpaired) electrons. The minimum atomic E-state index is -0.938. The van der Waals surface area contributed by atoms with Gasteiger partial charge in [-0.25, -0.2) is 19.2 Å². The highest BCUT2D eigenvalue weighted by Gasteiger charge is 2.16. The Hall–Kier alpha value is -4.16. The van der Waals surface area contributed by atoms with Gasteiger partial charge in [0.2, 0.25) is 0 Å². The molecule has 0 aliphatic rings. The Morgan fingerprint density at radius 2 is 0.972 bits per heavy atom. The minimum absolute atomic E-state index is 0.937. The number of primary amides is 4. The van der Waals surface area contributed by atoms with Crippen LogP contribution in [0, 0.1) is 0 Å². The molecule has 0 aliphatic heterocycles. The number of halogens is 2. The summed E-state index contributed by atoms with van der Waals surface area (Å²) >= 11 is 7.50. The van der Waals surface area contributed by atoms with Crippen LogP contribution in [-0.2, 0) is 0 Å². The van der Waals surface area contributed by atoms with E-state index in [1.807, 2.05) is 0 Å². The predicted octanol–water partition coefficient (Wildman–Crippen LogP) is 4.73. The molecular formula is C24H20Br2N6O4. The Labute approximate surface area is 220 Å². The summed E-state index contributed by atoms with van der Waals surface area (Å²) in [6.45, 7) is 0. The maximum absolute atomic E-state index is 9.62. The van der Waals surface area contributed by atoms with E-state index >= 15 is 0 Å². The molecule has 0 unspecified atom stereocenters. The summed E-state index contributed by atoms with van der Waals surface area (Å²) in [6, 6.07) is 18.2. The van der Waals surface area contributed by atoms with E-state index in [-0.39, 0.29) is 0 Å². The molecular weight excluding hydrogens is 596 g/mol. The van der Waals surface area contributed by atoms with Crippen LogP contribution in [0.4, 0.5) is 19.2 Å². The number of hydrogen-bond donors (Lipinski definition) is 6. The second kappa shape index (κ2) is 11.1. The molecule has 0 saturated carbocycles. The van der Waals surface area contributed by atoms with Gasteiger partial charge in [-0.05, 0) is 75.6 Å². The van der Waals surface area contributed by atoms with Crippen LogP contribution in [0.25, 0.3) is 43.1 Å². The van der Waals surface area contributed by atoms with Gasteiger partial charge in [0.1, 0.15) is 0 Å². The maximum atomic E-state index is 9.62. The highest BCUT2D eigenvalue weighted by Crippen LogP contribution is 2.45. The lowest BCUT2D eigenvalue weighted by molar-refractivity contribution is 0.235. The lowest BCUT2D eigenvalue weighted by Gasteiger charge is -2.16. The van der Waals surface area contributed by atoms with E-state index in [9.17, 15) is 19.2 Å². The molecule has 5 rings (SSSR count). The minimum Gasteiger partial charge on any atom is -0.351 e. The molecule has 5 aromatic carbocycles. The van der Waals surface area contributed by atoms with Gasteiger partial charge in [-0.15, -0.1) is 0 Å². The maximum Gasteiger partial charge on any atom is 0.320 e. The monoisotopic (exact) mass is 614 g/mol. The molecule has 5 aromatic rings. The predicted molar refractivity (Wildman–Crippen MR) is 148 cm³/mol. The second-order valence-corrected chi connectivity index (χ2v) is 9.01. The number of fused-ring (bicyclic) bond motifs is 2. The molecule has 12 heteroatoms. The molecule has 0 bridgehead atoms. The van der Waals surface area contributed by atoms with Gasteiger partial charge < -0.3 is 22.9 Å². The molecule has 0 spiro atoms. The summed E-state index contributed by atoms with van der Waals surface area (Å²) in [6.07, 6.45) is 0. The largest absolute Gasteiger partial charge is 0.351 e. The number of benzene rings is 5. The quantitative estimate of drug-likeness (QED) is 0.108. The molecule has 0 aromatic heterocycles. The van der Waals surface area contributed by atoms with Crippen molar-refractivity contribution in [2.75, 3.05) is 0 Å². The number of hydrogen-bond acceptors (Lipinski definition) is 4. The fourth-order valence-electron chi connectivity index (χ4n) is 3.89. The Balaban J connectivity index is 0.000000216. The zero-order chi connectivity index (χ0) is 26.6. The van der Waals surface area contributed by atoms with Crippen molar-refractivity contribution in [3.05, 3.63) is 69.6 Å². The standard InChI is InChI=1S/C20H10Br2.2C2H5N3O2/c21-16-10-12-6-3-8-14-13-7-1-4-11-5-2-9-15(17(11)13)19(18(12)14)20(16)22;2*3-1(6)5-2(4)7/h1-10H;2*(H5,3,4,5,6,7). The average molecular weight is 616 g/mol. The molecule has 0 saturated heterocycles. The lowest BCUT2D eigenvalue weighted by Crippen LogP contribution is -2.38. The van der Waals surface area contributed by atoms with Crippen molar-refractivity contribution in [3.63, 3.8) is 0 Å². The highest BCUT2D eigenvalue weighted by molar-refractivity contribution is 9.13. The summed E-state index contributed by atoms with van der Waals surface area (Å²) in [5.41, 5.74) is 17.8. The third kappa shape index (κ3) is 5.73. The summed E-state index contributed by atoms with van der Waals surface area (Å²) in [5.74, 6) is 0. The number of carbonyl (C=O) groups excluding carboxylic acids is 4. The van der Waals surface area contributed by atoms with Crippen molar-refractivity contribution in [1.82, 2.24) is 10.6 Å². The molecule has 0 atom stereocenters. The van der Waals surface area contributed by atoms with Crippen LogP contribution in [-0.4, -0.2) is 24.1 Å². The average Bonchev–Trinajstić information content (AvgIpc) is 2.78. The number of imide groups is 2.